The topological polar surface area (TPSA) is 77.1 Å². The summed E-state index contributed by atoms with van der Waals surface area (Å²) in [6, 6.07) is 16.6. The van der Waals surface area contributed by atoms with Gasteiger partial charge in [-0.15, -0.1) is 0 Å². The highest BCUT2D eigenvalue weighted by molar-refractivity contribution is 7.99. The third-order valence-electron chi connectivity index (χ3n) is 4.93. The van der Waals surface area contributed by atoms with Gasteiger partial charge in [-0.3, -0.25) is 14.2 Å². The lowest BCUT2D eigenvalue weighted by Crippen LogP contribution is -2.24. The summed E-state index contributed by atoms with van der Waals surface area (Å²) in [7, 11) is 0. The number of carbonyl (C=O) groups excluding carboxylic acids is 1. The molecule has 0 aliphatic carbocycles. The normalized spacial score (nSPS) is 11.0. The minimum atomic E-state index is -0.158. The SMILES string of the molecule is Cc1cccc(NC(=O)CSc2nc3ccccc3c(=O)n2Cc2ccco2)c1C. The highest BCUT2D eigenvalue weighted by Crippen LogP contribution is 2.21. The van der Waals surface area contributed by atoms with Crippen LogP contribution in [0.1, 0.15) is 16.9 Å². The van der Waals surface area contributed by atoms with E-state index in [4.69, 9.17) is 4.42 Å². The zero-order chi connectivity index (χ0) is 21.1. The summed E-state index contributed by atoms with van der Waals surface area (Å²) in [6.07, 6.45) is 1.57. The summed E-state index contributed by atoms with van der Waals surface area (Å²) < 4.78 is 6.97. The fraction of sp³-hybridized carbons (Fsp3) is 0.174. The van der Waals surface area contributed by atoms with Gasteiger partial charge in [-0.1, -0.05) is 36.0 Å². The molecule has 0 radical (unpaired) electrons. The van der Waals surface area contributed by atoms with Crippen molar-refractivity contribution in [2.75, 3.05) is 11.1 Å². The van der Waals surface area contributed by atoms with Gasteiger partial charge < -0.3 is 9.73 Å². The molecule has 0 atom stereocenters. The van der Waals surface area contributed by atoms with Crippen molar-refractivity contribution in [1.29, 1.82) is 0 Å². The maximum Gasteiger partial charge on any atom is 0.262 e. The predicted octanol–water partition coefficient (Wildman–Crippen LogP) is 4.39. The lowest BCUT2D eigenvalue weighted by Gasteiger charge is -2.13. The molecular weight excluding hydrogens is 398 g/mol. The number of nitrogens with one attached hydrogen (secondary N) is 1. The molecule has 1 N–H and O–H groups in total. The summed E-state index contributed by atoms with van der Waals surface area (Å²) in [5, 5.41) is 3.96. The molecule has 30 heavy (non-hydrogen) atoms. The number of carbonyl (C=O) groups is 1. The standard InChI is InChI=1S/C23H21N3O3S/c1-15-7-5-11-19(16(15)2)24-21(27)14-30-23-25-20-10-4-3-9-18(20)22(28)26(23)13-17-8-6-12-29-17/h3-12H,13-14H2,1-2H3,(H,24,27). The molecule has 0 saturated carbocycles. The van der Waals surface area contributed by atoms with Gasteiger partial charge in [0.1, 0.15) is 5.76 Å². The number of benzene rings is 2. The van der Waals surface area contributed by atoms with Crippen LogP contribution in [-0.2, 0) is 11.3 Å². The number of hydrogen-bond donors (Lipinski definition) is 1. The van der Waals surface area contributed by atoms with Crippen molar-refractivity contribution in [3.05, 3.63) is 88.1 Å². The number of furan rings is 1. The molecule has 0 aliphatic heterocycles. The first-order valence-corrected chi connectivity index (χ1v) is 10.5. The van der Waals surface area contributed by atoms with E-state index in [1.54, 1.807) is 29.0 Å². The molecular formula is C23H21N3O3S. The van der Waals surface area contributed by atoms with Crippen molar-refractivity contribution in [3.8, 4) is 0 Å². The Bertz CT molecular complexity index is 1260. The van der Waals surface area contributed by atoms with Gasteiger partial charge in [0.05, 0.1) is 29.5 Å². The molecule has 1 amide bonds. The average molecular weight is 420 g/mol. The monoisotopic (exact) mass is 419 g/mol. The Morgan fingerprint density at radius 3 is 2.73 bits per heavy atom. The van der Waals surface area contributed by atoms with Crippen molar-refractivity contribution in [2.45, 2.75) is 25.5 Å². The van der Waals surface area contributed by atoms with E-state index in [0.29, 0.717) is 21.8 Å². The smallest absolute Gasteiger partial charge is 0.262 e. The van der Waals surface area contributed by atoms with Gasteiger partial charge >= 0.3 is 0 Å². The Kier molecular flexibility index (Phi) is 5.72. The van der Waals surface area contributed by atoms with Crippen LogP contribution in [0.4, 0.5) is 5.69 Å². The summed E-state index contributed by atoms with van der Waals surface area (Å²) in [5.41, 5.74) is 3.39. The van der Waals surface area contributed by atoms with Crippen LogP contribution in [0.3, 0.4) is 0 Å². The summed E-state index contributed by atoms with van der Waals surface area (Å²) in [4.78, 5) is 30.3. The van der Waals surface area contributed by atoms with Crippen LogP contribution in [0.2, 0.25) is 0 Å². The predicted molar refractivity (Wildman–Crippen MR) is 119 cm³/mol. The number of hydrogen-bond acceptors (Lipinski definition) is 5. The Balaban J connectivity index is 1.60. The average Bonchev–Trinajstić information content (AvgIpc) is 3.25. The van der Waals surface area contributed by atoms with E-state index in [0.717, 1.165) is 16.8 Å². The molecule has 0 saturated heterocycles. The van der Waals surface area contributed by atoms with E-state index in [1.165, 1.54) is 11.8 Å². The molecule has 0 fully saturated rings. The number of amides is 1. The minimum absolute atomic E-state index is 0.135. The van der Waals surface area contributed by atoms with Gasteiger partial charge in [-0.05, 0) is 55.3 Å². The number of rotatable bonds is 6. The third kappa shape index (κ3) is 4.16. The maximum atomic E-state index is 13.1. The lowest BCUT2D eigenvalue weighted by molar-refractivity contribution is -0.113. The number of aromatic nitrogens is 2. The number of aryl methyl sites for hydroxylation is 1. The molecule has 4 aromatic rings. The Morgan fingerprint density at radius 1 is 1.10 bits per heavy atom. The fourth-order valence-electron chi connectivity index (χ4n) is 3.16. The Labute approximate surface area is 177 Å². The molecule has 7 heteroatoms. The molecule has 6 nitrogen and oxygen atoms in total. The quantitative estimate of drug-likeness (QED) is 0.371. The third-order valence-corrected chi connectivity index (χ3v) is 5.91. The van der Waals surface area contributed by atoms with E-state index in [2.05, 4.69) is 10.3 Å². The molecule has 0 spiro atoms. The van der Waals surface area contributed by atoms with E-state index in [-0.39, 0.29) is 23.8 Å². The van der Waals surface area contributed by atoms with E-state index in [1.807, 2.05) is 50.2 Å². The Morgan fingerprint density at radius 2 is 1.93 bits per heavy atom. The fourth-order valence-corrected chi connectivity index (χ4v) is 3.96. The zero-order valence-corrected chi connectivity index (χ0v) is 17.5. The van der Waals surface area contributed by atoms with E-state index in [9.17, 15) is 9.59 Å². The van der Waals surface area contributed by atoms with Crippen LogP contribution in [0.15, 0.2) is 75.2 Å². The van der Waals surface area contributed by atoms with Crippen molar-refractivity contribution in [3.63, 3.8) is 0 Å². The second-order valence-corrected chi connectivity index (χ2v) is 7.91. The van der Waals surface area contributed by atoms with Crippen LogP contribution in [-0.4, -0.2) is 21.2 Å². The first kappa shape index (κ1) is 20.0. The summed E-state index contributed by atoms with van der Waals surface area (Å²) in [6.45, 7) is 4.24. The van der Waals surface area contributed by atoms with Crippen LogP contribution in [0, 0.1) is 13.8 Å². The van der Waals surface area contributed by atoms with Crippen LogP contribution in [0.5, 0.6) is 0 Å². The number of thioether (sulfide) groups is 1. The van der Waals surface area contributed by atoms with E-state index >= 15 is 0 Å². The molecule has 2 aromatic carbocycles. The molecule has 0 unspecified atom stereocenters. The second-order valence-electron chi connectivity index (χ2n) is 6.97. The maximum absolute atomic E-state index is 13.1. The highest BCUT2D eigenvalue weighted by Gasteiger charge is 2.15. The van der Waals surface area contributed by atoms with Gasteiger partial charge in [0.15, 0.2) is 5.16 Å². The van der Waals surface area contributed by atoms with Crippen molar-refractivity contribution < 1.29 is 9.21 Å². The van der Waals surface area contributed by atoms with Gasteiger partial charge in [-0.25, -0.2) is 4.98 Å². The molecule has 152 valence electrons. The lowest BCUT2D eigenvalue weighted by atomic mass is 10.1. The summed E-state index contributed by atoms with van der Waals surface area (Å²) >= 11 is 1.23. The van der Waals surface area contributed by atoms with Gasteiger partial charge in [0.2, 0.25) is 5.91 Å². The van der Waals surface area contributed by atoms with E-state index < -0.39 is 0 Å². The van der Waals surface area contributed by atoms with Crippen LogP contribution >= 0.6 is 11.8 Å². The molecule has 0 bridgehead atoms. The Hall–Kier alpha value is -3.32. The molecule has 0 aliphatic rings. The highest BCUT2D eigenvalue weighted by atomic mass is 32.2. The van der Waals surface area contributed by atoms with Crippen molar-refractivity contribution >= 4 is 34.3 Å². The van der Waals surface area contributed by atoms with Crippen molar-refractivity contribution in [1.82, 2.24) is 9.55 Å². The minimum Gasteiger partial charge on any atom is -0.467 e. The number of nitrogens with zero attached hydrogens (tertiary/aromatic N) is 2. The number of fused-ring (bicyclic) bond motifs is 1. The summed E-state index contributed by atoms with van der Waals surface area (Å²) in [5.74, 6) is 0.632. The van der Waals surface area contributed by atoms with Gasteiger partial charge in [-0.2, -0.15) is 0 Å². The molecule has 2 heterocycles. The first-order valence-electron chi connectivity index (χ1n) is 9.54. The molecule has 4 rings (SSSR count). The van der Waals surface area contributed by atoms with Gasteiger partial charge in [0.25, 0.3) is 5.56 Å². The number of anilines is 1. The number of para-hydroxylation sites is 1. The molecule has 2 aromatic heterocycles. The first-order chi connectivity index (χ1) is 14.5. The van der Waals surface area contributed by atoms with Gasteiger partial charge in [0, 0.05) is 5.69 Å². The second kappa shape index (κ2) is 8.59. The van der Waals surface area contributed by atoms with Crippen molar-refractivity contribution in [2.24, 2.45) is 0 Å². The largest absolute Gasteiger partial charge is 0.467 e. The van der Waals surface area contributed by atoms with Crippen LogP contribution < -0.4 is 10.9 Å². The van der Waals surface area contributed by atoms with Crippen LogP contribution in [0.25, 0.3) is 10.9 Å². The zero-order valence-electron chi connectivity index (χ0n) is 16.7.